The van der Waals surface area contributed by atoms with Crippen molar-refractivity contribution in [1.29, 1.82) is 0 Å². The number of rotatable bonds is 8. The Kier molecular flexibility index (Phi) is 7.35. The third-order valence-electron chi connectivity index (χ3n) is 2.07. The predicted octanol–water partition coefficient (Wildman–Crippen LogP) is 2.43. The maximum Gasteiger partial charge on any atom is 0.387 e. The third kappa shape index (κ3) is 6.49. The highest BCUT2D eigenvalue weighted by Crippen LogP contribution is 2.15. The van der Waals surface area contributed by atoms with Gasteiger partial charge in [0.25, 0.3) is 5.91 Å². The van der Waals surface area contributed by atoms with Gasteiger partial charge in [0.2, 0.25) is 0 Å². The van der Waals surface area contributed by atoms with Crippen LogP contribution in [0.5, 0.6) is 5.75 Å². The molecule has 0 aliphatic rings. The number of carbonyl (C=O) groups excluding carboxylic acids is 1. The molecule has 0 fully saturated rings. The van der Waals surface area contributed by atoms with Gasteiger partial charge >= 0.3 is 6.61 Å². The molecule has 0 aliphatic heterocycles. The van der Waals surface area contributed by atoms with E-state index in [0.29, 0.717) is 19.8 Å². The Hall–Kier alpha value is -1.21. The highest BCUT2D eigenvalue weighted by Gasteiger charge is 2.08. The fraction of sp³-hybridized carbons (Fsp3) is 0.417. The van der Waals surface area contributed by atoms with Crippen LogP contribution in [0.15, 0.2) is 24.3 Å². The second-order valence-electron chi connectivity index (χ2n) is 3.46. The first kappa shape index (κ1) is 15.8. The molecule has 19 heavy (non-hydrogen) atoms. The number of nitrogens with one attached hydrogen (secondary N) is 1. The maximum absolute atomic E-state index is 12.0. The van der Waals surface area contributed by atoms with E-state index in [1.54, 1.807) is 0 Å². The molecule has 0 heterocycles. The van der Waals surface area contributed by atoms with Crippen molar-refractivity contribution in [2.24, 2.45) is 0 Å². The lowest BCUT2D eigenvalue weighted by Crippen LogP contribution is -2.27. The first-order valence-electron chi connectivity index (χ1n) is 5.60. The smallest absolute Gasteiger partial charge is 0.387 e. The molecular formula is C12H14BrF2NO3. The molecule has 0 aliphatic carbocycles. The Labute approximate surface area is 118 Å². The molecule has 7 heteroatoms. The summed E-state index contributed by atoms with van der Waals surface area (Å²) in [5.74, 6) is -0.402. The van der Waals surface area contributed by atoms with E-state index in [1.165, 1.54) is 24.3 Å². The lowest BCUT2D eigenvalue weighted by molar-refractivity contribution is -0.0498. The van der Waals surface area contributed by atoms with Gasteiger partial charge in [0.1, 0.15) is 5.75 Å². The number of ether oxygens (including phenoxy) is 2. The number of alkyl halides is 3. The molecule has 1 rings (SSSR count). The van der Waals surface area contributed by atoms with Crippen LogP contribution in [0.2, 0.25) is 0 Å². The van der Waals surface area contributed by atoms with Gasteiger partial charge in [0.05, 0.1) is 13.2 Å². The number of carbonyl (C=O) groups is 1. The van der Waals surface area contributed by atoms with Gasteiger partial charge in [-0.2, -0.15) is 8.78 Å². The van der Waals surface area contributed by atoms with Gasteiger partial charge in [-0.15, -0.1) is 0 Å². The van der Waals surface area contributed by atoms with Crippen molar-refractivity contribution < 1.29 is 23.0 Å². The second kappa shape index (κ2) is 8.82. The summed E-state index contributed by atoms with van der Waals surface area (Å²) in [4.78, 5) is 11.7. The van der Waals surface area contributed by atoms with Crippen molar-refractivity contribution >= 4 is 21.8 Å². The summed E-state index contributed by atoms with van der Waals surface area (Å²) in [6.45, 7) is -1.60. The summed E-state index contributed by atoms with van der Waals surface area (Å²) in [5, 5.41) is 3.35. The van der Waals surface area contributed by atoms with E-state index >= 15 is 0 Å². The fourth-order valence-electron chi connectivity index (χ4n) is 1.31. The van der Waals surface area contributed by atoms with Gasteiger partial charge in [-0.1, -0.05) is 22.0 Å². The highest BCUT2D eigenvalue weighted by atomic mass is 79.9. The summed E-state index contributed by atoms with van der Waals surface area (Å²) in [7, 11) is 0. The van der Waals surface area contributed by atoms with Gasteiger partial charge in [0.15, 0.2) is 0 Å². The molecular weight excluding hydrogens is 324 g/mol. The summed E-state index contributed by atoms with van der Waals surface area (Å²) >= 11 is 3.21. The van der Waals surface area contributed by atoms with Crippen molar-refractivity contribution in [2.75, 3.05) is 25.1 Å². The van der Waals surface area contributed by atoms with Crippen molar-refractivity contribution in [1.82, 2.24) is 5.32 Å². The van der Waals surface area contributed by atoms with Gasteiger partial charge in [0, 0.05) is 17.4 Å². The van der Waals surface area contributed by atoms with E-state index in [-0.39, 0.29) is 17.2 Å². The average molecular weight is 338 g/mol. The van der Waals surface area contributed by atoms with Crippen molar-refractivity contribution in [2.45, 2.75) is 6.61 Å². The largest absolute Gasteiger partial charge is 0.435 e. The number of amides is 1. The Bertz CT molecular complexity index is 404. The van der Waals surface area contributed by atoms with Crippen LogP contribution in [0.25, 0.3) is 0 Å². The van der Waals surface area contributed by atoms with E-state index in [2.05, 4.69) is 26.0 Å². The SMILES string of the molecule is O=C(NCCOCCBr)c1cccc(OC(F)F)c1. The molecule has 0 radical (unpaired) electrons. The quantitative estimate of drug-likeness (QED) is 0.585. The molecule has 0 saturated carbocycles. The third-order valence-corrected chi connectivity index (χ3v) is 2.40. The van der Waals surface area contributed by atoms with Crippen LogP contribution in [0.3, 0.4) is 0 Å². The zero-order valence-electron chi connectivity index (χ0n) is 10.1. The average Bonchev–Trinajstić information content (AvgIpc) is 2.38. The lowest BCUT2D eigenvalue weighted by Gasteiger charge is -2.08. The molecule has 0 atom stereocenters. The zero-order chi connectivity index (χ0) is 14.1. The van der Waals surface area contributed by atoms with Gasteiger partial charge in [-0.25, -0.2) is 0 Å². The zero-order valence-corrected chi connectivity index (χ0v) is 11.7. The van der Waals surface area contributed by atoms with Crippen molar-refractivity contribution in [3.05, 3.63) is 29.8 Å². The first-order chi connectivity index (χ1) is 9.13. The Balaban J connectivity index is 2.43. The molecule has 0 saturated heterocycles. The molecule has 1 aromatic carbocycles. The van der Waals surface area contributed by atoms with Crippen LogP contribution in [0.4, 0.5) is 8.78 Å². The number of hydrogen-bond donors (Lipinski definition) is 1. The lowest BCUT2D eigenvalue weighted by atomic mass is 10.2. The van der Waals surface area contributed by atoms with Crippen molar-refractivity contribution in [3.8, 4) is 5.75 Å². The van der Waals surface area contributed by atoms with E-state index in [0.717, 1.165) is 5.33 Å². The maximum atomic E-state index is 12.0. The second-order valence-corrected chi connectivity index (χ2v) is 4.26. The number of benzene rings is 1. The van der Waals surface area contributed by atoms with E-state index < -0.39 is 6.61 Å². The summed E-state index contributed by atoms with van der Waals surface area (Å²) in [6, 6.07) is 5.63. The number of halogens is 3. The van der Waals surface area contributed by atoms with E-state index in [1.807, 2.05) is 0 Å². The predicted molar refractivity (Wildman–Crippen MR) is 70.0 cm³/mol. The normalized spacial score (nSPS) is 10.5. The minimum absolute atomic E-state index is 0.0433. The Morgan fingerprint density at radius 1 is 1.37 bits per heavy atom. The van der Waals surface area contributed by atoms with E-state index in [9.17, 15) is 13.6 Å². The van der Waals surface area contributed by atoms with Crippen LogP contribution in [0.1, 0.15) is 10.4 Å². The molecule has 0 bridgehead atoms. The fourth-order valence-corrected chi connectivity index (χ4v) is 1.54. The molecule has 0 unspecified atom stereocenters. The minimum atomic E-state index is -2.91. The van der Waals surface area contributed by atoms with Crippen LogP contribution in [-0.4, -0.2) is 37.6 Å². The summed E-state index contributed by atoms with van der Waals surface area (Å²) in [6.07, 6.45) is 0. The van der Waals surface area contributed by atoms with Gasteiger partial charge < -0.3 is 14.8 Å². The Morgan fingerprint density at radius 3 is 2.84 bits per heavy atom. The topological polar surface area (TPSA) is 47.6 Å². The van der Waals surface area contributed by atoms with E-state index in [4.69, 9.17) is 4.74 Å². The molecule has 1 amide bonds. The minimum Gasteiger partial charge on any atom is -0.435 e. The molecule has 0 spiro atoms. The van der Waals surface area contributed by atoms with Crippen molar-refractivity contribution in [3.63, 3.8) is 0 Å². The van der Waals surface area contributed by atoms with Crippen LogP contribution in [-0.2, 0) is 4.74 Å². The monoisotopic (exact) mass is 337 g/mol. The molecule has 106 valence electrons. The number of hydrogen-bond acceptors (Lipinski definition) is 3. The Morgan fingerprint density at radius 2 is 2.16 bits per heavy atom. The summed E-state index contributed by atoms with van der Waals surface area (Å²) in [5.41, 5.74) is 0.263. The van der Waals surface area contributed by atoms with Crippen LogP contribution >= 0.6 is 15.9 Å². The summed E-state index contributed by atoms with van der Waals surface area (Å²) < 4.78 is 33.4. The van der Waals surface area contributed by atoms with Gasteiger partial charge in [-0.3, -0.25) is 4.79 Å². The highest BCUT2D eigenvalue weighted by molar-refractivity contribution is 9.09. The standard InChI is InChI=1S/C12H14BrF2NO3/c13-4-6-18-7-5-16-11(17)9-2-1-3-10(8-9)19-12(14)15/h1-3,8,12H,4-7H2,(H,16,17). The molecule has 0 aromatic heterocycles. The van der Waals surface area contributed by atoms with Crippen LogP contribution in [0, 0.1) is 0 Å². The molecule has 4 nitrogen and oxygen atoms in total. The molecule has 1 N–H and O–H groups in total. The van der Waals surface area contributed by atoms with Gasteiger partial charge in [-0.05, 0) is 18.2 Å². The van der Waals surface area contributed by atoms with Crippen LogP contribution < -0.4 is 10.1 Å². The molecule has 1 aromatic rings. The first-order valence-corrected chi connectivity index (χ1v) is 6.72.